The van der Waals surface area contributed by atoms with Crippen molar-refractivity contribution in [1.29, 1.82) is 0 Å². The molecule has 0 unspecified atom stereocenters. The number of aryl methyl sites for hydroxylation is 1. The Morgan fingerprint density at radius 3 is 2.38 bits per heavy atom. The Hall–Kier alpha value is -3.59. The minimum atomic E-state index is -3.89. The number of hydrogen-bond donors (Lipinski definition) is 3. The van der Waals surface area contributed by atoms with Crippen molar-refractivity contribution >= 4 is 44.7 Å². The number of anilines is 4. The first-order valence-electron chi connectivity index (χ1n) is 14.1. The first kappa shape index (κ1) is 28.5. The molecule has 2 aliphatic heterocycles. The van der Waals surface area contributed by atoms with Crippen LogP contribution in [0.4, 0.5) is 31.9 Å². The number of carbonyl (C=O) groups excluding carboxylic acids is 1. The second-order valence-corrected chi connectivity index (χ2v) is 13.4. The second kappa shape index (κ2) is 10.6. The average Bonchev–Trinajstić information content (AvgIpc) is 3.48. The topological polar surface area (TPSA) is 145 Å². The Morgan fingerprint density at radius 2 is 1.71 bits per heavy atom. The lowest BCUT2D eigenvalue weighted by molar-refractivity contribution is -0.0221. The number of halogens is 2. The van der Waals surface area contributed by atoms with Gasteiger partial charge in [0.05, 0.1) is 18.0 Å². The predicted octanol–water partition coefficient (Wildman–Crippen LogP) is 3.03. The number of nitrogens with one attached hydrogen (secondary N) is 2. The fourth-order valence-electron chi connectivity index (χ4n) is 5.85. The van der Waals surface area contributed by atoms with Gasteiger partial charge in [-0.1, -0.05) is 0 Å². The summed E-state index contributed by atoms with van der Waals surface area (Å²) in [5.41, 5.74) is 2.05. The maximum absolute atomic E-state index is 14.0. The summed E-state index contributed by atoms with van der Waals surface area (Å²) in [7, 11) is -3.89. The number of pyridine rings is 2. The molecule has 3 aliphatic rings. The predicted molar refractivity (Wildman–Crippen MR) is 154 cm³/mol. The van der Waals surface area contributed by atoms with E-state index in [2.05, 4.69) is 30.0 Å². The molecule has 3 fully saturated rings. The molecule has 1 spiro atoms. The number of aliphatic hydroxyl groups excluding tert-OH is 1. The van der Waals surface area contributed by atoms with Crippen LogP contribution < -0.4 is 19.8 Å². The molecule has 12 nitrogen and oxygen atoms in total. The van der Waals surface area contributed by atoms with Gasteiger partial charge in [0.1, 0.15) is 29.3 Å². The second-order valence-electron chi connectivity index (χ2n) is 11.6. The van der Waals surface area contributed by atoms with Crippen molar-refractivity contribution in [2.75, 3.05) is 58.4 Å². The van der Waals surface area contributed by atoms with Gasteiger partial charge >= 0.3 is 0 Å². The van der Waals surface area contributed by atoms with E-state index in [4.69, 9.17) is 0 Å². The first-order chi connectivity index (χ1) is 20.0. The van der Waals surface area contributed by atoms with Gasteiger partial charge in [-0.2, -0.15) is 9.61 Å². The van der Waals surface area contributed by atoms with E-state index >= 15 is 0 Å². The average molecular weight is 605 g/mol. The van der Waals surface area contributed by atoms with E-state index in [1.54, 1.807) is 23.1 Å². The van der Waals surface area contributed by atoms with Crippen molar-refractivity contribution in [3.05, 3.63) is 35.7 Å². The molecule has 3 aromatic heterocycles. The number of alkyl halides is 2. The molecule has 3 N–H and O–H groups in total. The summed E-state index contributed by atoms with van der Waals surface area (Å²) in [5.74, 6) is -2.82. The maximum atomic E-state index is 14.0. The van der Waals surface area contributed by atoms with Crippen LogP contribution in [-0.4, -0.2) is 83.5 Å². The number of sulfonamides is 1. The van der Waals surface area contributed by atoms with E-state index in [0.29, 0.717) is 30.0 Å². The fraction of sp³-hybridized carbons (Fsp3) is 0.556. The number of aliphatic hydroxyl groups is 1. The minimum absolute atomic E-state index is 0.104. The summed E-state index contributed by atoms with van der Waals surface area (Å²) in [5, 5.41) is 16.2. The van der Waals surface area contributed by atoms with Crippen LogP contribution in [0.1, 0.15) is 54.4 Å². The lowest BCUT2D eigenvalue weighted by Crippen LogP contribution is -2.39. The molecule has 0 radical (unpaired) electrons. The van der Waals surface area contributed by atoms with E-state index in [-0.39, 0.29) is 48.8 Å². The molecular weight excluding hydrogens is 570 g/mol. The van der Waals surface area contributed by atoms with Crippen molar-refractivity contribution in [3.8, 4) is 0 Å². The number of aromatic nitrogens is 4. The number of fused-ring (bicyclic) bond motifs is 1. The highest BCUT2D eigenvalue weighted by molar-refractivity contribution is 7.92. The van der Waals surface area contributed by atoms with Crippen molar-refractivity contribution < 1.29 is 27.1 Å². The van der Waals surface area contributed by atoms with Crippen LogP contribution in [0.15, 0.2) is 24.5 Å². The highest BCUT2D eigenvalue weighted by atomic mass is 32.2. The molecular formula is C27H34F2N8O4S. The number of piperidine rings is 2. The quantitative estimate of drug-likeness (QED) is 0.353. The number of hydrogen-bond acceptors (Lipinski definition) is 9. The summed E-state index contributed by atoms with van der Waals surface area (Å²) in [6.07, 6.45) is 5.04. The van der Waals surface area contributed by atoms with E-state index in [9.17, 15) is 27.1 Å². The Balaban J connectivity index is 1.35. The van der Waals surface area contributed by atoms with Gasteiger partial charge < -0.3 is 20.2 Å². The lowest BCUT2D eigenvalue weighted by atomic mass is 9.93. The van der Waals surface area contributed by atoms with Crippen LogP contribution in [0.5, 0.6) is 0 Å². The van der Waals surface area contributed by atoms with Gasteiger partial charge in [0, 0.05) is 45.1 Å². The van der Waals surface area contributed by atoms with Crippen LogP contribution in [-0.2, 0) is 10.0 Å². The third-order valence-corrected chi connectivity index (χ3v) is 9.76. The highest BCUT2D eigenvalue weighted by Gasteiger charge is 2.45. The monoisotopic (exact) mass is 604 g/mol. The normalized spacial score (nSPS) is 19.7. The molecule has 0 aromatic carbocycles. The van der Waals surface area contributed by atoms with Crippen LogP contribution in [0.2, 0.25) is 0 Å². The Labute approximate surface area is 242 Å². The van der Waals surface area contributed by atoms with Crippen molar-refractivity contribution in [1.82, 2.24) is 19.6 Å². The molecule has 2 saturated heterocycles. The molecule has 0 bridgehead atoms. The third kappa shape index (κ3) is 5.84. The fourth-order valence-corrected chi connectivity index (χ4v) is 6.66. The van der Waals surface area contributed by atoms with E-state index in [1.807, 2.05) is 6.92 Å². The van der Waals surface area contributed by atoms with Gasteiger partial charge in [-0.05, 0) is 55.7 Å². The van der Waals surface area contributed by atoms with E-state index in [1.165, 1.54) is 23.7 Å². The molecule has 15 heteroatoms. The van der Waals surface area contributed by atoms with E-state index in [0.717, 1.165) is 18.4 Å². The standard InChI is InChI=1S/C27H34F2N8O4S/c1-18-14-20(32-21(15-18)36-10-6-27(28,29)7-11-36)33-25(39)23-19(35-8-4-26(2-3-26)5-9-35)16-22(34-42(40,41)13-12-38)37-24(23)30-17-31-37/h14-17,34,38H,2-13H2,1H3,(H,32,33,39). The summed E-state index contributed by atoms with van der Waals surface area (Å²) < 4.78 is 56.3. The maximum Gasteiger partial charge on any atom is 0.262 e. The van der Waals surface area contributed by atoms with Crippen molar-refractivity contribution in [2.24, 2.45) is 5.41 Å². The number of nitrogens with zero attached hydrogens (tertiary/aromatic N) is 6. The summed E-state index contributed by atoms with van der Waals surface area (Å²) in [4.78, 5) is 26.7. The van der Waals surface area contributed by atoms with Crippen LogP contribution in [0, 0.1) is 12.3 Å². The molecule has 5 heterocycles. The number of carbonyl (C=O) groups is 1. The van der Waals surface area contributed by atoms with Gasteiger partial charge in [-0.3, -0.25) is 9.52 Å². The van der Waals surface area contributed by atoms with Gasteiger partial charge in [0.25, 0.3) is 11.8 Å². The minimum Gasteiger partial charge on any atom is -0.395 e. The lowest BCUT2D eigenvalue weighted by Gasteiger charge is -2.35. The molecule has 3 aromatic rings. The zero-order chi connectivity index (χ0) is 29.7. The summed E-state index contributed by atoms with van der Waals surface area (Å²) in [6, 6.07) is 5.09. The molecule has 1 amide bonds. The zero-order valence-electron chi connectivity index (χ0n) is 23.3. The van der Waals surface area contributed by atoms with Gasteiger partial charge in [0.15, 0.2) is 5.65 Å². The number of rotatable bonds is 8. The SMILES string of the molecule is Cc1cc(NC(=O)c2c(N3CCC4(CC3)CC4)cc(NS(=O)(=O)CCO)n3ncnc23)nc(N2CCC(F)(F)CC2)c1. The summed E-state index contributed by atoms with van der Waals surface area (Å²) in [6.45, 7) is 3.00. The highest BCUT2D eigenvalue weighted by Crippen LogP contribution is 2.54. The number of amides is 1. The van der Waals surface area contributed by atoms with Crippen LogP contribution in [0.25, 0.3) is 5.65 Å². The Bertz CT molecular complexity index is 1610. The summed E-state index contributed by atoms with van der Waals surface area (Å²) >= 11 is 0. The molecule has 1 saturated carbocycles. The molecule has 1 aliphatic carbocycles. The van der Waals surface area contributed by atoms with Gasteiger partial charge in [0.2, 0.25) is 10.0 Å². The Morgan fingerprint density at radius 1 is 1.02 bits per heavy atom. The Kier molecular flexibility index (Phi) is 7.20. The largest absolute Gasteiger partial charge is 0.395 e. The zero-order valence-corrected chi connectivity index (χ0v) is 24.1. The van der Waals surface area contributed by atoms with Gasteiger partial charge in [-0.15, -0.1) is 0 Å². The van der Waals surface area contributed by atoms with Crippen molar-refractivity contribution in [3.63, 3.8) is 0 Å². The smallest absolute Gasteiger partial charge is 0.262 e. The van der Waals surface area contributed by atoms with E-state index < -0.39 is 34.2 Å². The molecule has 226 valence electrons. The molecule has 42 heavy (non-hydrogen) atoms. The molecule has 0 atom stereocenters. The third-order valence-electron chi connectivity index (χ3n) is 8.51. The molecule has 6 rings (SSSR count). The van der Waals surface area contributed by atoms with Crippen molar-refractivity contribution in [2.45, 2.75) is 51.4 Å². The van der Waals surface area contributed by atoms with Crippen LogP contribution in [0.3, 0.4) is 0 Å². The first-order valence-corrected chi connectivity index (χ1v) is 15.8. The van der Waals surface area contributed by atoms with Gasteiger partial charge in [-0.25, -0.2) is 27.2 Å². The van der Waals surface area contributed by atoms with Crippen LogP contribution >= 0.6 is 0 Å².